The lowest BCUT2D eigenvalue weighted by molar-refractivity contribution is -0.126. The Bertz CT molecular complexity index is 719. The van der Waals surface area contributed by atoms with Gasteiger partial charge in [0.15, 0.2) is 0 Å². The van der Waals surface area contributed by atoms with E-state index in [2.05, 4.69) is 29.0 Å². The van der Waals surface area contributed by atoms with Gasteiger partial charge < -0.3 is 24.8 Å². The van der Waals surface area contributed by atoms with Crippen molar-refractivity contribution in [2.24, 2.45) is 5.92 Å². The van der Waals surface area contributed by atoms with Crippen molar-refractivity contribution >= 4 is 17.8 Å². The summed E-state index contributed by atoms with van der Waals surface area (Å²) in [5.74, 6) is 0.974. The molecular formula is C23H37N5O3. The zero-order valence-corrected chi connectivity index (χ0v) is 19.3. The van der Waals surface area contributed by atoms with Gasteiger partial charge in [-0.1, -0.05) is 6.07 Å². The standard InChI is InChI=1S/C23H37N5O3/c1-5-26(6-2)23(30)27-11-9-20(10-12-27)22(29)25-14-19-7-8-21(24-13-19)28-15-17(3)31-18(4)16-28/h7-8,13,17-18,20H,5-6,9-12,14-16H2,1-4H3,(H,25,29). The second kappa shape index (κ2) is 10.8. The maximum Gasteiger partial charge on any atom is 0.319 e. The Morgan fingerprint density at radius 2 is 1.77 bits per heavy atom. The molecule has 3 heterocycles. The molecule has 1 aromatic heterocycles. The Balaban J connectivity index is 1.44. The first-order valence-corrected chi connectivity index (χ1v) is 11.6. The maximum absolute atomic E-state index is 12.6. The van der Waals surface area contributed by atoms with Crippen molar-refractivity contribution in [3.8, 4) is 0 Å². The number of amides is 3. The number of hydrogen-bond acceptors (Lipinski definition) is 5. The third kappa shape index (κ3) is 6.09. The molecule has 31 heavy (non-hydrogen) atoms. The molecule has 2 aliphatic rings. The van der Waals surface area contributed by atoms with Crippen LogP contribution >= 0.6 is 0 Å². The molecule has 2 aliphatic heterocycles. The number of nitrogens with one attached hydrogen (secondary N) is 1. The number of urea groups is 1. The zero-order valence-electron chi connectivity index (χ0n) is 19.3. The highest BCUT2D eigenvalue weighted by molar-refractivity contribution is 5.79. The lowest BCUT2D eigenvalue weighted by Crippen LogP contribution is -2.48. The van der Waals surface area contributed by atoms with Gasteiger partial charge in [0.2, 0.25) is 5.91 Å². The molecule has 8 nitrogen and oxygen atoms in total. The van der Waals surface area contributed by atoms with Crippen molar-refractivity contribution in [2.75, 3.05) is 44.2 Å². The molecular weight excluding hydrogens is 394 g/mol. The van der Waals surface area contributed by atoms with Crippen LogP contribution in [0, 0.1) is 5.92 Å². The number of hydrogen-bond donors (Lipinski definition) is 1. The van der Waals surface area contributed by atoms with Gasteiger partial charge in [-0.25, -0.2) is 9.78 Å². The monoisotopic (exact) mass is 431 g/mol. The molecule has 2 saturated heterocycles. The third-order valence-electron chi connectivity index (χ3n) is 6.19. The Hall–Kier alpha value is -2.35. The summed E-state index contributed by atoms with van der Waals surface area (Å²) in [5.41, 5.74) is 0.987. The number of likely N-dealkylation sites (tertiary alicyclic amines) is 1. The number of nitrogens with zero attached hydrogens (tertiary/aromatic N) is 4. The van der Waals surface area contributed by atoms with Gasteiger partial charge in [-0.15, -0.1) is 0 Å². The summed E-state index contributed by atoms with van der Waals surface area (Å²) in [6.07, 6.45) is 3.65. The van der Waals surface area contributed by atoms with E-state index in [-0.39, 0.29) is 30.1 Å². The smallest absolute Gasteiger partial charge is 0.319 e. The highest BCUT2D eigenvalue weighted by Gasteiger charge is 2.29. The molecule has 0 saturated carbocycles. The average Bonchev–Trinajstić information content (AvgIpc) is 2.78. The first kappa shape index (κ1) is 23.3. The normalized spacial score (nSPS) is 22.3. The molecule has 2 unspecified atom stereocenters. The van der Waals surface area contributed by atoms with Crippen LogP contribution in [-0.4, -0.2) is 78.2 Å². The Morgan fingerprint density at radius 3 is 2.32 bits per heavy atom. The number of carbonyl (C=O) groups is 2. The van der Waals surface area contributed by atoms with E-state index in [1.165, 1.54) is 0 Å². The summed E-state index contributed by atoms with van der Waals surface area (Å²) in [4.78, 5) is 35.6. The molecule has 3 rings (SSSR count). The molecule has 1 N–H and O–H groups in total. The number of pyridine rings is 1. The fraction of sp³-hybridized carbons (Fsp3) is 0.696. The summed E-state index contributed by atoms with van der Waals surface area (Å²) in [6.45, 7) is 13.0. The van der Waals surface area contributed by atoms with Crippen molar-refractivity contribution < 1.29 is 14.3 Å². The topological polar surface area (TPSA) is 78.0 Å². The number of anilines is 1. The van der Waals surface area contributed by atoms with E-state index < -0.39 is 0 Å². The van der Waals surface area contributed by atoms with E-state index in [0.29, 0.717) is 45.6 Å². The largest absolute Gasteiger partial charge is 0.372 e. The number of rotatable bonds is 6. The predicted molar refractivity (Wildman–Crippen MR) is 121 cm³/mol. The minimum Gasteiger partial charge on any atom is -0.372 e. The van der Waals surface area contributed by atoms with Crippen molar-refractivity contribution in [1.29, 1.82) is 0 Å². The summed E-state index contributed by atoms with van der Waals surface area (Å²) in [7, 11) is 0. The first-order valence-electron chi connectivity index (χ1n) is 11.6. The van der Waals surface area contributed by atoms with E-state index >= 15 is 0 Å². The fourth-order valence-corrected chi connectivity index (χ4v) is 4.43. The first-order chi connectivity index (χ1) is 14.9. The van der Waals surface area contributed by atoms with E-state index in [9.17, 15) is 9.59 Å². The molecule has 0 radical (unpaired) electrons. The molecule has 0 aromatic carbocycles. The molecule has 2 atom stereocenters. The zero-order chi connectivity index (χ0) is 22.4. The SMILES string of the molecule is CCN(CC)C(=O)N1CCC(C(=O)NCc2ccc(N3CC(C)OC(C)C3)nc2)CC1. The number of piperidine rings is 1. The van der Waals surface area contributed by atoms with Crippen LogP contribution in [0.3, 0.4) is 0 Å². The molecule has 0 aliphatic carbocycles. The summed E-state index contributed by atoms with van der Waals surface area (Å²) in [5, 5.41) is 3.04. The van der Waals surface area contributed by atoms with Crippen LogP contribution in [0.4, 0.5) is 10.6 Å². The minimum absolute atomic E-state index is 0.0377. The van der Waals surface area contributed by atoms with E-state index in [1.807, 2.05) is 42.0 Å². The van der Waals surface area contributed by atoms with Crippen molar-refractivity contribution in [3.63, 3.8) is 0 Å². The van der Waals surface area contributed by atoms with E-state index in [4.69, 9.17) is 4.74 Å². The molecule has 1 aromatic rings. The van der Waals surface area contributed by atoms with Gasteiger partial charge in [-0.05, 0) is 52.2 Å². The van der Waals surface area contributed by atoms with Gasteiger partial charge in [0.05, 0.1) is 12.2 Å². The highest BCUT2D eigenvalue weighted by atomic mass is 16.5. The summed E-state index contributed by atoms with van der Waals surface area (Å²) in [6, 6.07) is 4.13. The van der Waals surface area contributed by atoms with Gasteiger partial charge in [0.1, 0.15) is 5.82 Å². The van der Waals surface area contributed by atoms with Crippen LogP contribution in [-0.2, 0) is 16.1 Å². The number of carbonyl (C=O) groups excluding carboxylic acids is 2. The maximum atomic E-state index is 12.6. The number of aromatic nitrogens is 1. The minimum atomic E-state index is -0.0377. The van der Waals surface area contributed by atoms with Crippen molar-refractivity contribution in [3.05, 3.63) is 23.9 Å². The second-order valence-corrected chi connectivity index (χ2v) is 8.62. The van der Waals surface area contributed by atoms with E-state index in [0.717, 1.165) is 24.5 Å². The van der Waals surface area contributed by atoms with E-state index in [1.54, 1.807) is 0 Å². The van der Waals surface area contributed by atoms with Crippen LogP contribution in [0.5, 0.6) is 0 Å². The van der Waals surface area contributed by atoms with Crippen LogP contribution in [0.2, 0.25) is 0 Å². The van der Waals surface area contributed by atoms with Gasteiger partial charge >= 0.3 is 6.03 Å². The summed E-state index contributed by atoms with van der Waals surface area (Å²) >= 11 is 0. The number of morpholine rings is 1. The van der Waals surface area contributed by atoms with Crippen LogP contribution in [0.1, 0.15) is 46.1 Å². The summed E-state index contributed by atoms with van der Waals surface area (Å²) < 4.78 is 5.79. The van der Waals surface area contributed by atoms with Crippen LogP contribution in [0.15, 0.2) is 18.3 Å². The predicted octanol–water partition coefficient (Wildman–Crippen LogP) is 2.49. The van der Waals surface area contributed by atoms with Gasteiger partial charge in [-0.3, -0.25) is 4.79 Å². The van der Waals surface area contributed by atoms with Gasteiger partial charge in [0.25, 0.3) is 0 Å². The Kier molecular flexibility index (Phi) is 8.12. The highest BCUT2D eigenvalue weighted by Crippen LogP contribution is 2.20. The molecule has 3 amide bonds. The lowest BCUT2D eigenvalue weighted by atomic mass is 9.96. The van der Waals surface area contributed by atoms with Crippen molar-refractivity contribution in [2.45, 2.75) is 59.3 Å². The fourth-order valence-electron chi connectivity index (χ4n) is 4.43. The molecule has 8 heteroatoms. The second-order valence-electron chi connectivity index (χ2n) is 8.62. The average molecular weight is 432 g/mol. The van der Waals surface area contributed by atoms with Crippen LogP contribution in [0.25, 0.3) is 0 Å². The third-order valence-corrected chi connectivity index (χ3v) is 6.19. The molecule has 2 fully saturated rings. The van der Waals surface area contributed by atoms with Crippen molar-refractivity contribution in [1.82, 2.24) is 20.1 Å². The molecule has 172 valence electrons. The Labute approximate surface area is 185 Å². The van der Waals surface area contributed by atoms with Gasteiger partial charge in [0, 0.05) is 57.9 Å². The molecule has 0 bridgehead atoms. The lowest BCUT2D eigenvalue weighted by Gasteiger charge is -2.36. The Morgan fingerprint density at radius 1 is 1.13 bits per heavy atom. The quantitative estimate of drug-likeness (QED) is 0.749. The molecule has 0 spiro atoms. The number of ether oxygens (including phenoxy) is 1. The van der Waals surface area contributed by atoms with Crippen LogP contribution < -0.4 is 10.2 Å². The van der Waals surface area contributed by atoms with Gasteiger partial charge in [-0.2, -0.15) is 0 Å².